The van der Waals surface area contributed by atoms with E-state index < -0.39 is 0 Å². The predicted octanol–water partition coefficient (Wildman–Crippen LogP) is 4.73. The molecule has 20 heavy (non-hydrogen) atoms. The highest BCUT2D eigenvalue weighted by atomic mass is 15.1. The monoisotopic (exact) mass is 263 g/mol. The molecule has 102 valence electrons. The van der Waals surface area contributed by atoms with Gasteiger partial charge in [-0.3, -0.25) is 0 Å². The number of hydrogen-bond donors (Lipinski definition) is 0. The molecule has 0 saturated carbocycles. The Morgan fingerprint density at radius 1 is 1.05 bits per heavy atom. The Balaban J connectivity index is 1.97. The summed E-state index contributed by atoms with van der Waals surface area (Å²) in [6.45, 7) is 8.66. The van der Waals surface area contributed by atoms with Crippen molar-refractivity contribution in [1.82, 2.24) is 0 Å². The minimum absolute atomic E-state index is 1.02. The van der Waals surface area contributed by atoms with E-state index in [4.69, 9.17) is 0 Å². The minimum Gasteiger partial charge on any atom is -0.367 e. The van der Waals surface area contributed by atoms with Gasteiger partial charge in [-0.2, -0.15) is 0 Å². The fourth-order valence-corrected chi connectivity index (χ4v) is 2.87. The van der Waals surface area contributed by atoms with E-state index in [9.17, 15) is 0 Å². The Kier molecular flexibility index (Phi) is 3.38. The number of benzene rings is 1. The van der Waals surface area contributed by atoms with E-state index in [1.54, 1.807) is 0 Å². The molecule has 1 aromatic rings. The van der Waals surface area contributed by atoms with Crippen LogP contribution in [0.25, 0.3) is 5.57 Å². The number of allylic oxidation sites excluding steroid dienone is 3. The number of rotatable bonds is 2. The maximum atomic E-state index is 3.53. The number of hydrogen-bond acceptors (Lipinski definition) is 1. The molecule has 1 aliphatic heterocycles. The second kappa shape index (κ2) is 5.19. The summed E-state index contributed by atoms with van der Waals surface area (Å²) in [6, 6.07) is 8.87. The zero-order valence-corrected chi connectivity index (χ0v) is 12.5. The summed E-state index contributed by atoms with van der Waals surface area (Å²) in [5.74, 6) is 0. The Labute approximate surface area is 121 Å². The van der Waals surface area contributed by atoms with Crippen molar-refractivity contribution < 1.29 is 0 Å². The van der Waals surface area contributed by atoms with Gasteiger partial charge in [0.1, 0.15) is 0 Å². The molecule has 0 aromatic heterocycles. The Bertz CT molecular complexity index is 667. The molecule has 2 aliphatic rings. The van der Waals surface area contributed by atoms with Crippen LogP contribution in [-0.2, 0) is 0 Å². The lowest BCUT2D eigenvalue weighted by molar-refractivity contribution is 0.821. The summed E-state index contributed by atoms with van der Waals surface area (Å²) >= 11 is 0. The third kappa shape index (κ3) is 2.26. The third-order valence-electron chi connectivity index (χ3n) is 4.37. The van der Waals surface area contributed by atoms with Crippen LogP contribution in [0.2, 0.25) is 0 Å². The largest absolute Gasteiger partial charge is 0.367 e. The highest BCUT2D eigenvalue weighted by Gasteiger charge is 2.15. The summed E-state index contributed by atoms with van der Waals surface area (Å²) in [7, 11) is 0. The van der Waals surface area contributed by atoms with Gasteiger partial charge in [0.25, 0.3) is 0 Å². The van der Waals surface area contributed by atoms with Crippen LogP contribution in [0.15, 0.2) is 58.9 Å². The minimum atomic E-state index is 1.02. The van der Waals surface area contributed by atoms with Gasteiger partial charge in [-0.15, -0.1) is 5.73 Å². The SMILES string of the molecule is CC1=C=C(c2cccc(N3CC=CCC3)c2)C(C)=C1C. The van der Waals surface area contributed by atoms with Gasteiger partial charge < -0.3 is 4.90 Å². The van der Waals surface area contributed by atoms with Crippen LogP contribution in [0.3, 0.4) is 0 Å². The molecule has 0 bridgehead atoms. The van der Waals surface area contributed by atoms with Crippen molar-refractivity contribution >= 4 is 11.3 Å². The van der Waals surface area contributed by atoms with Crippen LogP contribution < -0.4 is 4.90 Å². The van der Waals surface area contributed by atoms with Crippen molar-refractivity contribution in [2.75, 3.05) is 18.0 Å². The third-order valence-corrected chi connectivity index (χ3v) is 4.37. The van der Waals surface area contributed by atoms with Gasteiger partial charge in [0.2, 0.25) is 0 Å². The molecule has 0 N–H and O–H groups in total. The molecule has 0 amide bonds. The van der Waals surface area contributed by atoms with Crippen molar-refractivity contribution in [3.05, 3.63) is 64.4 Å². The molecule has 0 spiro atoms. The van der Waals surface area contributed by atoms with Gasteiger partial charge >= 0.3 is 0 Å². The maximum absolute atomic E-state index is 3.53. The molecular weight excluding hydrogens is 242 g/mol. The Morgan fingerprint density at radius 2 is 1.90 bits per heavy atom. The molecule has 0 saturated heterocycles. The van der Waals surface area contributed by atoms with Crippen molar-refractivity contribution in [2.45, 2.75) is 27.2 Å². The van der Waals surface area contributed by atoms with Crippen molar-refractivity contribution in [3.63, 3.8) is 0 Å². The standard InChI is InChI=1S/C19H21N/c1-14-12-19(16(3)15(14)2)17-8-7-9-18(13-17)20-10-5-4-6-11-20/h4-5,7-9,13H,6,10-11H2,1-3H3. The summed E-state index contributed by atoms with van der Waals surface area (Å²) in [4.78, 5) is 2.43. The van der Waals surface area contributed by atoms with Crippen LogP contribution in [0.1, 0.15) is 32.8 Å². The highest BCUT2D eigenvalue weighted by Crippen LogP contribution is 2.34. The molecule has 1 heteroatoms. The lowest BCUT2D eigenvalue weighted by Gasteiger charge is -2.26. The van der Waals surface area contributed by atoms with Crippen LogP contribution in [-0.4, -0.2) is 13.1 Å². The predicted molar refractivity (Wildman–Crippen MR) is 86.9 cm³/mol. The van der Waals surface area contributed by atoms with E-state index in [-0.39, 0.29) is 0 Å². The fraction of sp³-hybridized carbons (Fsp3) is 0.316. The molecule has 0 atom stereocenters. The van der Waals surface area contributed by atoms with Crippen LogP contribution in [0.5, 0.6) is 0 Å². The first-order valence-corrected chi connectivity index (χ1v) is 7.33. The molecule has 1 heterocycles. The first-order valence-electron chi connectivity index (χ1n) is 7.33. The van der Waals surface area contributed by atoms with E-state index in [2.05, 4.69) is 67.8 Å². The van der Waals surface area contributed by atoms with Crippen molar-refractivity contribution in [1.29, 1.82) is 0 Å². The lowest BCUT2D eigenvalue weighted by atomic mass is 9.99. The molecule has 0 unspecified atom stereocenters. The van der Waals surface area contributed by atoms with Crippen molar-refractivity contribution in [3.8, 4) is 0 Å². The van der Waals surface area contributed by atoms with E-state index in [0.29, 0.717) is 0 Å². The quantitative estimate of drug-likeness (QED) is 0.550. The maximum Gasteiger partial charge on any atom is 0.0375 e. The summed E-state index contributed by atoms with van der Waals surface area (Å²) < 4.78 is 0. The summed E-state index contributed by atoms with van der Waals surface area (Å²) in [5.41, 5.74) is 11.4. The van der Waals surface area contributed by atoms with Gasteiger partial charge in [0.05, 0.1) is 0 Å². The molecule has 1 aliphatic carbocycles. The number of nitrogens with zero attached hydrogens (tertiary/aromatic N) is 1. The second-order valence-corrected chi connectivity index (χ2v) is 5.63. The van der Waals surface area contributed by atoms with E-state index in [1.165, 1.54) is 33.5 Å². The van der Waals surface area contributed by atoms with Gasteiger partial charge in [-0.25, -0.2) is 0 Å². The zero-order chi connectivity index (χ0) is 14.1. The average Bonchev–Trinajstić information content (AvgIpc) is 2.76. The van der Waals surface area contributed by atoms with Gasteiger partial charge in [-0.1, -0.05) is 24.3 Å². The van der Waals surface area contributed by atoms with E-state index >= 15 is 0 Å². The van der Waals surface area contributed by atoms with Gasteiger partial charge in [0, 0.05) is 24.4 Å². The normalized spacial score (nSPS) is 18.4. The molecular formula is C19H21N. The van der Waals surface area contributed by atoms with Crippen LogP contribution in [0.4, 0.5) is 5.69 Å². The molecule has 0 fully saturated rings. The second-order valence-electron chi connectivity index (χ2n) is 5.63. The zero-order valence-electron chi connectivity index (χ0n) is 12.5. The molecule has 0 radical (unpaired) electrons. The van der Waals surface area contributed by atoms with Gasteiger partial charge in [-0.05, 0) is 61.6 Å². The fourth-order valence-electron chi connectivity index (χ4n) is 2.87. The molecule has 1 aromatic carbocycles. The van der Waals surface area contributed by atoms with Crippen molar-refractivity contribution in [2.24, 2.45) is 0 Å². The van der Waals surface area contributed by atoms with Gasteiger partial charge in [0.15, 0.2) is 0 Å². The lowest BCUT2D eigenvalue weighted by Crippen LogP contribution is -2.26. The van der Waals surface area contributed by atoms with E-state index in [0.717, 1.165) is 19.5 Å². The highest BCUT2D eigenvalue weighted by molar-refractivity contribution is 5.84. The first kappa shape index (κ1) is 13.0. The molecule has 1 nitrogen and oxygen atoms in total. The topological polar surface area (TPSA) is 3.24 Å². The Hall–Kier alpha value is -1.98. The van der Waals surface area contributed by atoms with Crippen LogP contribution in [0, 0.1) is 0 Å². The smallest absolute Gasteiger partial charge is 0.0375 e. The Morgan fingerprint density at radius 3 is 2.55 bits per heavy atom. The molecule has 3 rings (SSSR count). The average molecular weight is 263 g/mol. The van der Waals surface area contributed by atoms with E-state index in [1.807, 2.05) is 0 Å². The number of anilines is 1. The summed E-state index contributed by atoms with van der Waals surface area (Å²) in [5, 5.41) is 0. The summed E-state index contributed by atoms with van der Waals surface area (Å²) in [6.07, 6.45) is 5.66. The first-order chi connectivity index (χ1) is 9.66. The van der Waals surface area contributed by atoms with Crippen LogP contribution >= 0.6 is 0 Å².